The van der Waals surface area contributed by atoms with E-state index in [-0.39, 0.29) is 5.82 Å². The quantitative estimate of drug-likeness (QED) is 0.598. The molecular weight excluding hydrogens is 271 g/mol. The number of amides is 1. The molecule has 4 nitrogen and oxygen atoms in total. The molecule has 0 aliphatic rings. The number of hydrogen-bond acceptors (Lipinski definition) is 3. The highest BCUT2D eigenvalue weighted by Crippen LogP contribution is 2.23. The second kappa shape index (κ2) is 6.37. The lowest BCUT2D eigenvalue weighted by atomic mass is 10.0. The van der Waals surface area contributed by atoms with E-state index < -0.39 is 11.9 Å². The number of aryl methyl sites for hydroxylation is 2. The molecule has 0 spiro atoms. The lowest BCUT2D eigenvalue weighted by molar-refractivity contribution is -0.130. The maximum Gasteiger partial charge on any atom is 0.270 e. The fourth-order valence-electron chi connectivity index (χ4n) is 2.21. The van der Waals surface area contributed by atoms with Gasteiger partial charge in [0.2, 0.25) is 0 Å². The van der Waals surface area contributed by atoms with Crippen LogP contribution in [0.1, 0.15) is 22.7 Å². The molecule has 0 radical (unpaired) electrons. The van der Waals surface area contributed by atoms with Gasteiger partial charge in [-0.25, -0.2) is 9.87 Å². The summed E-state index contributed by atoms with van der Waals surface area (Å²) in [6, 6.07) is 11.5. The third-order valence-electron chi connectivity index (χ3n) is 3.25. The Bertz CT molecular complexity index is 621. The van der Waals surface area contributed by atoms with Crippen LogP contribution in [0, 0.1) is 19.7 Å². The zero-order chi connectivity index (χ0) is 15.4. The summed E-state index contributed by atoms with van der Waals surface area (Å²) in [4.78, 5) is 11.9. The lowest BCUT2D eigenvalue weighted by Gasteiger charge is -2.19. The molecule has 0 heterocycles. The number of anilines is 1. The fourth-order valence-corrected chi connectivity index (χ4v) is 2.21. The summed E-state index contributed by atoms with van der Waals surface area (Å²) >= 11 is 0. The summed E-state index contributed by atoms with van der Waals surface area (Å²) in [5.74, 6) is -0.843. The first-order chi connectivity index (χ1) is 10.0. The van der Waals surface area contributed by atoms with Crippen LogP contribution in [0.2, 0.25) is 0 Å². The van der Waals surface area contributed by atoms with E-state index in [1.54, 1.807) is 55.7 Å². The van der Waals surface area contributed by atoms with Crippen molar-refractivity contribution in [1.29, 1.82) is 0 Å². The zero-order valence-corrected chi connectivity index (χ0v) is 11.9. The topological polar surface area (TPSA) is 61.4 Å². The Balaban J connectivity index is 2.34. The summed E-state index contributed by atoms with van der Waals surface area (Å²) in [6.07, 6.45) is 0. The molecule has 2 rings (SSSR count). The monoisotopic (exact) mass is 288 g/mol. The Labute approximate surface area is 122 Å². The van der Waals surface area contributed by atoms with Gasteiger partial charge in [-0.3, -0.25) is 10.0 Å². The minimum atomic E-state index is -0.763. The van der Waals surface area contributed by atoms with Gasteiger partial charge >= 0.3 is 0 Å². The molecule has 0 unspecified atom stereocenters. The van der Waals surface area contributed by atoms with Crippen molar-refractivity contribution >= 4 is 11.6 Å². The highest BCUT2D eigenvalue weighted by atomic mass is 19.1. The van der Waals surface area contributed by atoms with E-state index in [2.05, 4.69) is 5.32 Å². The van der Waals surface area contributed by atoms with Gasteiger partial charge in [0.1, 0.15) is 11.9 Å². The van der Waals surface area contributed by atoms with Gasteiger partial charge in [-0.15, -0.1) is 0 Å². The molecule has 0 fully saturated rings. The summed E-state index contributed by atoms with van der Waals surface area (Å²) in [7, 11) is 0. The SMILES string of the molecule is Cc1cc(N[C@@H](C(=O)NO)c2ccccc2)cc(C)c1F. The Kier molecular flexibility index (Phi) is 4.55. The second-order valence-electron chi connectivity index (χ2n) is 4.89. The molecular formula is C16H17FN2O2. The van der Waals surface area contributed by atoms with Crippen molar-refractivity contribution < 1.29 is 14.4 Å². The van der Waals surface area contributed by atoms with Crippen LogP contribution in [-0.2, 0) is 4.79 Å². The van der Waals surface area contributed by atoms with Crippen molar-refractivity contribution in [3.8, 4) is 0 Å². The zero-order valence-electron chi connectivity index (χ0n) is 11.9. The number of nitrogens with one attached hydrogen (secondary N) is 2. The van der Waals surface area contributed by atoms with E-state index >= 15 is 0 Å². The fraction of sp³-hybridized carbons (Fsp3) is 0.188. The number of hydroxylamine groups is 1. The number of benzene rings is 2. The van der Waals surface area contributed by atoms with E-state index in [0.29, 0.717) is 22.4 Å². The van der Waals surface area contributed by atoms with Crippen molar-refractivity contribution in [2.75, 3.05) is 5.32 Å². The molecule has 3 N–H and O–H groups in total. The van der Waals surface area contributed by atoms with Crippen LogP contribution in [-0.4, -0.2) is 11.1 Å². The first kappa shape index (κ1) is 15.0. The van der Waals surface area contributed by atoms with Crippen LogP contribution in [0.4, 0.5) is 10.1 Å². The molecule has 110 valence electrons. The first-order valence-electron chi connectivity index (χ1n) is 6.55. The standard InChI is InChI=1S/C16H17FN2O2/c1-10-8-13(9-11(2)14(10)17)18-15(16(20)19-21)12-6-4-3-5-7-12/h3-9,15,18,21H,1-2H3,(H,19,20)/t15-/m1/s1. The van der Waals surface area contributed by atoms with Gasteiger partial charge in [0.25, 0.3) is 5.91 Å². The molecule has 0 aliphatic carbocycles. The van der Waals surface area contributed by atoms with Gasteiger partial charge in [0, 0.05) is 5.69 Å². The van der Waals surface area contributed by atoms with Gasteiger partial charge < -0.3 is 5.32 Å². The lowest BCUT2D eigenvalue weighted by Crippen LogP contribution is -2.31. The summed E-state index contributed by atoms with van der Waals surface area (Å²) < 4.78 is 13.6. The third kappa shape index (κ3) is 3.38. The van der Waals surface area contributed by atoms with Gasteiger partial charge in [-0.2, -0.15) is 0 Å². The molecule has 2 aromatic carbocycles. The molecule has 0 bridgehead atoms. The molecule has 21 heavy (non-hydrogen) atoms. The first-order valence-corrected chi connectivity index (χ1v) is 6.55. The van der Waals surface area contributed by atoms with Crippen LogP contribution in [0.5, 0.6) is 0 Å². The van der Waals surface area contributed by atoms with Crippen LogP contribution < -0.4 is 10.8 Å². The van der Waals surface area contributed by atoms with Gasteiger partial charge in [0.15, 0.2) is 0 Å². The number of halogens is 1. The number of carbonyl (C=O) groups is 1. The summed E-state index contributed by atoms with van der Waals surface area (Å²) in [5, 5.41) is 11.9. The maximum atomic E-state index is 13.6. The average molecular weight is 288 g/mol. The van der Waals surface area contributed by atoms with Crippen LogP contribution in [0.15, 0.2) is 42.5 Å². The van der Waals surface area contributed by atoms with Gasteiger partial charge in [0.05, 0.1) is 0 Å². The number of carbonyl (C=O) groups excluding carboxylic acids is 1. The molecule has 0 saturated heterocycles. The Morgan fingerprint density at radius 2 is 1.71 bits per heavy atom. The minimum absolute atomic E-state index is 0.261. The van der Waals surface area contributed by atoms with Gasteiger partial charge in [-0.1, -0.05) is 30.3 Å². The maximum absolute atomic E-state index is 13.6. The largest absolute Gasteiger partial charge is 0.370 e. The van der Waals surface area contributed by atoms with E-state index in [1.165, 1.54) is 0 Å². The van der Waals surface area contributed by atoms with E-state index in [4.69, 9.17) is 5.21 Å². The Morgan fingerprint density at radius 1 is 1.14 bits per heavy atom. The minimum Gasteiger partial charge on any atom is -0.370 e. The smallest absolute Gasteiger partial charge is 0.270 e. The molecule has 5 heteroatoms. The van der Waals surface area contributed by atoms with Crippen LogP contribution in [0.25, 0.3) is 0 Å². The molecule has 1 amide bonds. The van der Waals surface area contributed by atoms with Crippen LogP contribution >= 0.6 is 0 Å². The predicted octanol–water partition coefficient (Wildman–Crippen LogP) is 3.10. The highest BCUT2D eigenvalue weighted by Gasteiger charge is 2.20. The van der Waals surface area contributed by atoms with Crippen molar-refractivity contribution in [1.82, 2.24) is 5.48 Å². The molecule has 0 aliphatic heterocycles. The van der Waals surface area contributed by atoms with Gasteiger partial charge in [-0.05, 0) is 42.7 Å². The number of hydrogen-bond donors (Lipinski definition) is 3. The average Bonchev–Trinajstić information content (AvgIpc) is 2.50. The van der Waals surface area contributed by atoms with E-state index in [1.807, 2.05) is 6.07 Å². The second-order valence-corrected chi connectivity index (χ2v) is 4.89. The van der Waals surface area contributed by atoms with Crippen molar-refractivity contribution in [2.45, 2.75) is 19.9 Å². The predicted molar refractivity (Wildman–Crippen MR) is 78.6 cm³/mol. The highest BCUT2D eigenvalue weighted by molar-refractivity contribution is 5.85. The third-order valence-corrected chi connectivity index (χ3v) is 3.25. The molecule has 2 aromatic rings. The van der Waals surface area contributed by atoms with E-state index in [9.17, 15) is 9.18 Å². The summed E-state index contributed by atoms with van der Waals surface area (Å²) in [5.41, 5.74) is 3.95. The van der Waals surface area contributed by atoms with Crippen molar-refractivity contribution in [2.24, 2.45) is 0 Å². The summed E-state index contributed by atoms with van der Waals surface area (Å²) in [6.45, 7) is 3.33. The van der Waals surface area contributed by atoms with Crippen LogP contribution in [0.3, 0.4) is 0 Å². The number of rotatable bonds is 4. The van der Waals surface area contributed by atoms with Crippen molar-refractivity contribution in [3.63, 3.8) is 0 Å². The molecule has 0 aromatic heterocycles. The molecule has 0 saturated carbocycles. The van der Waals surface area contributed by atoms with E-state index in [0.717, 1.165) is 0 Å². The van der Waals surface area contributed by atoms with Crippen molar-refractivity contribution in [3.05, 3.63) is 65.0 Å². The Hall–Kier alpha value is -2.40. The molecule has 1 atom stereocenters. The Morgan fingerprint density at radius 3 is 2.24 bits per heavy atom. The normalized spacial score (nSPS) is 11.8.